The number of hydrogen-bond donors (Lipinski definition) is 0. The molecule has 0 spiro atoms. The summed E-state index contributed by atoms with van der Waals surface area (Å²) in [7, 11) is 0. The molecular formula is C18H35N2O2. The highest BCUT2D eigenvalue weighted by atomic mass is 16.7. The molecule has 0 atom stereocenters. The number of hydroxylamine groups is 4. The van der Waals surface area contributed by atoms with Gasteiger partial charge in [-0.3, -0.25) is 4.84 Å². The van der Waals surface area contributed by atoms with Crippen molar-refractivity contribution in [3.8, 4) is 0 Å². The third-order valence-corrected chi connectivity index (χ3v) is 5.49. The van der Waals surface area contributed by atoms with E-state index in [1.165, 1.54) is 11.5 Å². The lowest BCUT2D eigenvalue weighted by molar-refractivity contribution is -0.350. The van der Waals surface area contributed by atoms with Gasteiger partial charge in [0, 0.05) is 22.2 Å². The van der Waals surface area contributed by atoms with Gasteiger partial charge in [0.1, 0.15) is 0 Å². The van der Waals surface area contributed by atoms with Crippen LogP contribution in [0.3, 0.4) is 0 Å². The normalized spacial score (nSPS) is 32.0. The first-order valence-corrected chi connectivity index (χ1v) is 8.73. The molecule has 0 saturated carbocycles. The summed E-state index contributed by atoms with van der Waals surface area (Å²) in [6.45, 7) is 17.2. The topological polar surface area (TPSA) is 35.6 Å². The second-order valence-corrected chi connectivity index (χ2v) is 9.83. The molecule has 2 aliphatic heterocycles. The van der Waals surface area contributed by atoms with E-state index in [4.69, 9.17) is 4.84 Å². The molecule has 2 saturated heterocycles. The molecule has 22 heavy (non-hydrogen) atoms. The van der Waals surface area contributed by atoms with Gasteiger partial charge in [-0.1, -0.05) is 0 Å². The van der Waals surface area contributed by atoms with Gasteiger partial charge in [-0.05, 0) is 87.5 Å². The second-order valence-electron chi connectivity index (χ2n) is 9.83. The first kappa shape index (κ1) is 18.2. The fourth-order valence-corrected chi connectivity index (χ4v) is 4.66. The van der Waals surface area contributed by atoms with Crippen LogP contribution in [0.5, 0.6) is 0 Å². The van der Waals surface area contributed by atoms with Crippen molar-refractivity contribution in [2.45, 2.75) is 116 Å². The number of nitrogens with zero attached hydrogens (tertiary/aromatic N) is 2. The molecule has 0 amide bonds. The van der Waals surface area contributed by atoms with Crippen molar-refractivity contribution in [2.24, 2.45) is 0 Å². The number of rotatable bonds is 2. The molecule has 2 aliphatic rings. The Morgan fingerprint density at radius 3 is 1.59 bits per heavy atom. The zero-order valence-electron chi connectivity index (χ0n) is 15.8. The van der Waals surface area contributed by atoms with Gasteiger partial charge in [-0.15, -0.1) is 10.3 Å². The molecule has 2 heterocycles. The molecule has 4 nitrogen and oxygen atoms in total. The molecule has 2 fully saturated rings. The maximum Gasteiger partial charge on any atom is 0.0830 e. The Hall–Kier alpha value is -0.160. The SMILES string of the molecule is CC1(C)CC(ON2C(C)(C)CCCC2(C)C)CC(C)(C)N1[O]. The van der Waals surface area contributed by atoms with Gasteiger partial charge in [-0.25, -0.2) is 0 Å². The summed E-state index contributed by atoms with van der Waals surface area (Å²) in [5, 5.41) is 16.0. The minimum Gasteiger partial charge on any atom is -0.295 e. The van der Waals surface area contributed by atoms with Crippen LogP contribution in [0.4, 0.5) is 0 Å². The van der Waals surface area contributed by atoms with Crippen molar-refractivity contribution >= 4 is 0 Å². The van der Waals surface area contributed by atoms with Crippen LogP contribution >= 0.6 is 0 Å². The molecule has 129 valence electrons. The van der Waals surface area contributed by atoms with Crippen LogP contribution in [0.15, 0.2) is 0 Å². The lowest BCUT2D eigenvalue weighted by atomic mass is 9.79. The van der Waals surface area contributed by atoms with Gasteiger partial charge in [0.05, 0.1) is 6.10 Å². The average Bonchev–Trinajstić information content (AvgIpc) is 2.30. The zero-order valence-corrected chi connectivity index (χ0v) is 15.8. The van der Waals surface area contributed by atoms with E-state index in [0.29, 0.717) is 0 Å². The summed E-state index contributed by atoms with van der Waals surface area (Å²) in [5.41, 5.74) is -0.664. The van der Waals surface area contributed by atoms with Gasteiger partial charge in [-0.2, -0.15) is 5.06 Å². The minimum atomic E-state index is -0.378. The highest BCUT2D eigenvalue weighted by Crippen LogP contribution is 2.43. The molecular weight excluding hydrogens is 276 g/mol. The highest BCUT2D eigenvalue weighted by Gasteiger charge is 2.50. The van der Waals surface area contributed by atoms with Crippen LogP contribution < -0.4 is 0 Å². The Kier molecular flexibility index (Phi) is 4.49. The monoisotopic (exact) mass is 311 g/mol. The van der Waals surface area contributed by atoms with E-state index in [2.05, 4.69) is 32.8 Å². The van der Waals surface area contributed by atoms with E-state index in [9.17, 15) is 5.21 Å². The van der Waals surface area contributed by atoms with Gasteiger partial charge < -0.3 is 0 Å². The zero-order chi connectivity index (χ0) is 17.0. The molecule has 0 unspecified atom stereocenters. The summed E-state index contributed by atoms with van der Waals surface area (Å²) in [4.78, 5) is 6.55. The molecule has 0 aromatic heterocycles. The lowest BCUT2D eigenvalue weighted by Gasteiger charge is -2.55. The fourth-order valence-electron chi connectivity index (χ4n) is 4.66. The van der Waals surface area contributed by atoms with Crippen molar-refractivity contribution < 1.29 is 10.0 Å². The van der Waals surface area contributed by atoms with Crippen molar-refractivity contribution in [2.75, 3.05) is 0 Å². The van der Waals surface area contributed by atoms with Gasteiger partial charge in [0.15, 0.2) is 0 Å². The van der Waals surface area contributed by atoms with Crippen LogP contribution in [-0.2, 0) is 10.0 Å². The summed E-state index contributed by atoms with van der Waals surface area (Å²) >= 11 is 0. The van der Waals surface area contributed by atoms with Crippen LogP contribution in [0.1, 0.15) is 87.5 Å². The van der Waals surface area contributed by atoms with Crippen molar-refractivity contribution in [3.05, 3.63) is 0 Å². The van der Waals surface area contributed by atoms with Gasteiger partial charge >= 0.3 is 0 Å². The summed E-state index contributed by atoms with van der Waals surface area (Å²) in [5.74, 6) is 0. The Morgan fingerprint density at radius 2 is 1.18 bits per heavy atom. The van der Waals surface area contributed by atoms with E-state index >= 15 is 0 Å². The Balaban J connectivity index is 2.18. The largest absolute Gasteiger partial charge is 0.295 e. The first-order chi connectivity index (χ1) is 9.78. The van der Waals surface area contributed by atoms with Crippen molar-refractivity contribution in [1.82, 2.24) is 10.1 Å². The summed E-state index contributed by atoms with van der Waals surface area (Å²) in [6, 6.07) is 0. The first-order valence-electron chi connectivity index (χ1n) is 8.73. The van der Waals surface area contributed by atoms with Crippen LogP contribution in [0.25, 0.3) is 0 Å². The molecule has 0 aliphatic carbocycles. The van der Waals surface area contributed by atoms with Gasteiger partial charge in [0.2, 0.25) is 0 Å². The molecule has 1 radical (unpaired) electrons. The standard InChI is InChI=1S/C18H35N2O2/c1-15(2)10-9-11-16(3,4)20(15)22-14-12-17(5,6)19(21)18(7,8)13-14/h14H,9-13H2,1-8H3. The second kappa shape index (κ2) is 5.44. The summed E-state index contributed by atoms with van der Waals surface area (Å²) in [6.07, 6.45) is 5.22. The minimum absolute atomic E-state index is 0.0463. The van der Waals surface area contributed by atoms with E-state index in [1.54, 1.807) is 0 Å². The third kappa shape index (κ3) is 3.35. The third-order valence-electron chi connectivity index (χ3n) is 5.49. The lowest BCUT2D eigenvalue weighted by Crippen LogP contribution is -2.64. The van der Waals surface area contributed by atoms with Crippen molar-refractivity contribution in [3.63, 3.8) is 0 Å². The molecule has 0 N–H and O–H groups in total. The molecule has 0 aromatic carbocycles. The summed E-state index contributed by atoms with van der Waals surface area (Å²) < 4.78 is 0. The van der Waals surface area contributed by atoms with Crippen molar-refractivity contribution in [1.29, 1.82) is 0 Å². The van der Waals surface area contributed by atoms with E-state index < -0.39 is 0 Å². The number of hydrogen-bond acceptors (Lipinski definition) is 3. The fraction of sp³-hybridized carbons (Fsp3) is 1.00. The molecule has 2 rings (SSSR count). The van der Waals surface area contributed by atoms with E-state index in [1.807, 2.05) is 27.7 Å². The Labute approximate surface area is 136 Å². The molecule has 0 bridgehead atoms. The van der Waals surface area contributed by atoms with E-state index in [0.717, 1.165) is 25.7 Å². The average molecular weight is 311 g/mol. The van der Waals surface area contributed by atoms with Crippen LogP contribution in [-0.4, -0.2) is 38.4 Å². The predicted octanol–water partition coefficient (Wildman–Crippen LogP) is 4.33. The maximum absolute atomic E-state index is 12.5. The maximum atomic E-state index is 12.5. The van der Waals surface area contributed by atoms with Crippen LogP contribution in [0.2, 0.25) is 0 Å². The molecule has 4 heteroatoms. The van der Waals surface area contributed by atoms with E-state index in [-0.39, 0.29) is 28.3 Å². The van der Waals surface area contributed by atoms with Crippen LogP contribution in [0, 0.1) is 0 Å². The molecule has 0 aromatic rings. The quantitative estimate of drug-likeness (QED) is 0.761. The highest BCUT2D eigenvalue weighted by molar-refractivity contribution is 4.98. The smallest absolute Gasteiger partial charge is 0.0830 e. The Morgan fingerprint density at radius 1 is 0.773 bits per heavy atom. The van der Waals surface area contributed by atoms with Gasteiger partial charge in [0.25, 0.3) is 0 Å². The number of piperidine rings is 2. The Bertz CT molecular complexity index is 381. The predicted molar refractivity (Wildman–Crippen MR) is 88.6 cm³/mol.